The lowest BCUT2D eigenvalue weighted by Gasteiger charge is -2.16. The summed E-state index contributed by atoms with van der Waals surface area (Å²) in [5.41, 5.74) is 1.75. The van der Waals surface area contributed by atoms with Gasteiger partial charge >= 0.3 is 6.03 Å². The van der Waals surface area contributed by atoms with Crippen LogP contribution in [0.15, 0.2) is 60.9 Å². The van der Waals surface area contributed by atoms with Crippen LogP contribution in [0.2, 0.25) is 0 Å². The van der Waals surface area contributed by atoms with Crippen LogP contribution in [0, 0.1) is 11.6 Å². The van der Waals surface area contributed by atoms with Crippen molar-refractivity contribution < 1.29 is 13.6 Å². The molecular formula is C18H16F2N4O. The number of benzene rings is 2. The molecule has 25 heavy (non-hydrogen) atoms. The third-order valence-electron chi connectivity index (χ3n) is 3.69. The first-order valence-electron chi connectivity index (χ1n) is 7.66. The molecule has 0 aliphatic heterocycles. The number of carbonyl (C=O) groups is 1. The molecule has 0 spiro atoms. The van der Waals surface area contributed by atoms with E-state index in [0.717, 1.165) is 12.1 Å². The van der Waals surface area contributed by atoms with Crippen molar-refractivity contribution in [1.29, 1.82) is 0 Å². The second kappa shape index (κ2) is 7.12. The summed E-state index contributed by atoms with van der Waals surface area (Å²) in [5.74, 6) is -1.87. The predicted molar refractivity (Wildman–Crippen MR) is 90.5 cm³/mol. The molecule has 0 saturated carbocycles. The Morgan fingerprint density at radius 1 is 1.12 bits per heavy atom. The van der Waals surface area contributed by atoms with Gasteiger partial charge < -0.3 is 10.6 Å². The summed E-state index contributed by atoms with van der Waals surface area (Å²) in [6.45, 7) is 1.69. The zero-order valence-electron chi connectivity index (χ0n) is 13.4. The Morgan fingerprint density at radius 3 is 2.64 bits per heavy atom. The van der Waals surface area contributed by atoms with Gasteiger partial charge in [-0.2, -0.15) is 5.10 Å². The summed E-state index contributed by atoms with van der Waals surface area (Å²) >= 11 is 0. The minimum atomic E-state index is -0.949. The molecule has 128 valence electrons. The summed E-state index contributed by atoms with van der Waals surface area (Å²) in [7, 11) is 0. The van der Waals surface area contributed by atoms with Gasteiger partial charge in [-0.3, -0.25) is 0 Å². The number of aromatic nitrogens is 2. The van der Waals surface area contributed by atoms with Gasteiger partial charge in [0, 0.05) is 12.4 Å². The predicted octanol–water partition coefficient (Wildman–Crippen LogP) is 4.03. The molecule has 0 aliphatic rings. The number of anilines is 1. The third-order valence-corrected chi connectivity index (χ3v) is 3.69. The number of para-hydroxylation sites is 2. The number of hydrogen-bond donors (Lipinski definition) is 2. The standard InChI is InChI=1S/C18H16F2N4O/c1-12(13-7-8-14(19)15(20)11-13)22-18(25)23-16-5-2-3-6-17(16)24-10-4-9-21-24/h2-12H,1H3,(H2,22,23,25)/t12-/m0/s1. The van der Waals surface area contributed by atoms with Crippen molar-refractivity contribution in [3.63, 3.8) is 0 Å². The van der Waals surface area contributed by atoms with Crippen molar-refractivity contribution in [2.24, 2.45) is 0 Å². The second-order valence-electron chi connectivity index (χ2n) is 5.46. The molecular weight excluding hydrogens is 326 g/mol. The maximum Gasteiger partial charge on any atom is 0.319 e. The van der Waals surface area contributed by atoms with Crippen molar-refractivity contribution in [2.45, 2.75) is 13.0 Å². The van der Waals surface area contributed by atoms with Crippen LogP contribution in [-0.2, 0) is 0 Å². The van der Waals surface area contributed by atoms with Gasteiger partial charge in [-0.1, -0.05) is 18.2 Å². The molecule has 7 heteroatoms. The summed E-state index contributed by atoms with van der Waals surface area (Å²) in [6.07, 6.45) is 3.41. The molecule has 0 aliphatic carbocycles. The maximum absolute atomic E-state index is 13.3. The molecule has 1 heterocycles. The molecule has 1 atom stereocenters. The van der Waals surface area contributed by atoms with Crippen molar-refractivity contribution in [2.75, 3.05) is 5.32 Å². The van der Waals surface area contributed by atoms with Crippen LogP contribution in [0.25, 0.3) is 5.69 Å². The Bertz CT molecular complexity index is 881. The summed E-state index contributed by atoms with van der Waals surface area (Å²) in [5, 5.41) is 9.59. The number of rotatable bonds is 4. The van der Waals surface area contributed by atoms with E-state index >= 15 is 0 Å². The average Bonchev–Trinajstić information content (AvgIpc) is 3.12. The number of urea groups is 1. The second-order valence-corrected chi connectivity index (χ2v) is 5.46. The van der Waals surface area contributed by atoms with Crippen LogP contribution in [0.5, 0.6) is 0 Å². The number of hydrogen-bond acceptors (Lipinski definition) is 2. The molecule has 3 rings (SSSR count). The third kappa shape index (κ3) is 3.82. The number of nitrogens with one attached hydrogen (secondary N) is 2. The molecule has 0 saturated heterocycles. The molecule has 0 fully saturated rings. The lowest BCUT2D eigenvalue weighted by molar-refractivity contribution is 0.249. The van der Waals surface area contributed by atoms with Crippen LogP contribution in [0.1, 0.15) is 18.5 Å². The first kappa shape index (κ1) is 16.6. The monoisotopic (exact) mass is 342 g/mol. The summed E-state index contributed by atoms with van der Waals surface area (Å²) < 4.78 is 28.0. The molecule has 2 N–H and O–H groups in total. The van der Waals surface area contributed by atoms with Gasteiger partial charge in [0.05, 0.1) is 17.4 Å². The maximum atomic E-state index is 13.3. The normalized spacial score (nSPS) is 11.8. The molecule has 0 unspecified atom stereocenters. The smallest absolute Gasteiger partial charge is 0.319 e. The van der Waals surface area contributed by atoms with E-state index in [2.05, 4.69) is 15.7 Å². The van der Waals surface area contributed by atoms with Gasteiger partial charge in [-0.15, -0.1) is 0 Å². The van der Waals surface area contributed by atoms with Crippen LogP contribution < -0.4 is 10.6 Å². The van der Waals surface area contributed by atoms with Crippen LogP contribution in [0.4, 0.5) is 19.3 Å². The zero-order valence-corrected chi connectivity index (χ0v) is 13.4. The van der Waals surface area contributed by atoms with E-state index < -0.39 is 23.7 Å². The number of carbonyl (C=O) groups excluding carboxylic acids is 1. The summed E-state index contributed by atoms with van der Waals surface area (Å²) in [4.78, 5) is 12.3. The zero-order chi connectivity index (χ0) is 17.8. The van der Waals surface area contributed by atoms with E-state index in [1.165, 1.54) is 6.07 Å². The fourth-order valence-corrected chi connectivity index (χ4v) is 2.41. The Hall–Kier alpha value is -3.22. The van der Waals surface area contributed by atoms with E-state index in [9.17, 15) is 13.6 Å². The average molecular weight is 342 g/mol. The Balaban J connectivity index is 1.72. The van der Waals surface area contributed by atoms with E-state index in [-0.39, 0.29) is 0 Å². The summed E-state index contributed by atoms with van der Waals surface area (Å²) in [6, 6.07) is 11.6. The first-order valence-corrected chi connectivity index (χ1v) is 7.66. The highest BCUT2D eigenvalue weighted by molar-refractivity contribution is 5.91. The fourth-order valence-electron chi connectivity index (χ4n) is 2.41. The van der Waals surface area contributed by atoms with Gasteiger partial charge in [-0.05, 0) is 42.8 Å². The highest BCUT2D eigenvalue weighted by Crippen LogP contribution is 2.20. The molecule has 0 radical (unpaired) electrons. The molecule has 2 aromatic carbocycles. The van der Waals surface area contributed by atoms with Crippen molar-refractivity contribution in [3.8, 4) is 5.69 Å². The number of nitrogens with zero attached hydrogens (tertiary/aromatic N) is 2. The largest absolute Gasteiger partial charge is 0.331 e. The van der Waals surface area contributed by atoms with Gasteiger partial charge in [0.25, 0.3) is 0 Å². The highest BCUT2D eigenvalue weighted by Gasteiger charge is 2.13. The quantitative estimate of drug-likeness (QED) is 0.752. The highest BCUT2D eigenvalue weighted by atomic mass is 19.2. The fraction of sp³-hybridized carbons (Fsp3) is 0.111. The number of halogens is 2. The minimum absolute atomic E-state index is 0.461. The van der Waals surface area contributed by atoms with Crippen LogP contribution in [-0.4, -0.2) is 15.8 Å². The van der Waals surface area contributed by atoms with Gasteiger partial charge in [-0.25, -0.2) is 18.3 Å². The van der Waals surface area contributed by atoms with Gasteiger partial charge in [0.1, 0.15) is 0 Å². The lowest BCUT2D eigenvalue weighted by Crippen LogP contribution is -2.31. The SMILES string of the molecule is C[C@H](NC(=O)Nc1ccccc1-n1cccn1)c1ccc(F)c(F)c1. The molecule has 0 bridgehead atoms. The van der Waals surface area contributed by atoms with E-state index in [0.29, 0.717) is 16.9 Å². The molecule has 5 nitrogen and oxygen atoms in total. The molecule has 1 aromatic heterocycles. The number of amides is 2. The topological polar surface area (TPSA) is 59.0 Å². The minimum Gasteiger partial charge on any atom is -0.331 e. The van der Waals surface area contributed by atoms with Crippen molar-refractivity contribution >= 4 is 11.7 Å². The van der Waals surface area contributed by atoms with Crippen molar-refractivity contribution in [3.05, 3.63) is 78.1 Å². The Morgan fingerprint density at radius 2 is 1.92 bits per heavy atom. The molecule has 3 aromatic rings. The van der Waals surface area contributed by atoms with E-state index in [1.807, 2.05) is 12.1 Å². The van der Waals surface area contributed by atoms with Crippen LogP contribution >= 0.6 is 0 Å². The van der Waals surface area contributed by atoms with Crippen molar-refractivity contribution in [1.82, 2.24) is 15.1 Å². The lowest BCUT2D eigenvalue weighted by atomic mass is 10.1. The Kier molecular flexibility index (Phi) is 4.74. The van der Waals surface area contributed by atoms with E-state index in [1.54, 1.807) is 42.2 Å². The van der Waals surface area contributed by atoms with Gasteiger partial charge in [0.15, 0.2) is 11.6 Å². The van der Waals surface area contributed by atoms with Gasteiger partial charge in [0.2, 0.25) is 0 Å². The van der Waals surface area contributed by atoms with E-state index in [4.69, 9.17) is 0 Å². The van der Waals surface area contributed by atoms with Crippen LogP contribution in [0.3, 0.4) is 0 Å². The first-order chi connectivity index (χ1) is 12.0. The molecule has 2 amide bonds. The Labute approximate surface area is 143 Å².